The second-order valence-electron chi connectivity index (χ2n) is 5.44. The lowest BCUT2D eigenvalue weighted by molar-refractivity contribution is 0.486. The van der Waals surface area contributed by atoms with Crippen LogP contribution in [0.4, 0.5) is 5.69 Å². The zero-order chi connectivity index (χ0) is 15.1. The quantitative estimate of drug-likeness (QED) is 0.716. The molecule has 20 heavy (non-hydrogen) atoms. The minimum Gasteiger partial charge on any atom is -0.371 e. The van der Waals surface area contributed by atoms with Crippen LogP contribution >= 0.6 is 15.9 Å². The maximum absolute atomic E-state index is 3.75. The maximum atomic E-state index is 3.75. The van der Waals surface area contributed by atoms with Crippen molar-refractivity contribution >= 4 is 21.6 Å². The van der Waals surface area contributed by atoms with Crippen LogP contribution in [0.25, 0.3) is 0 Å². The number of halogens is 1. The van der Waals surface area contributed by atoms with E-state index in [0.717, 1.165) is 19.0 Å². The van der Waals surface area contributed by atoms with Crippen LogP contribution in [0.15, 0.2) is 22.7 Å². The molecule has 0 radical (unpaired) electrons. The summed E-state index contributed by atoms with van der Waals surface area (Å²) >= 11 is 3.75. The van der Waals surface area contributed by atoms with Gasteiger partial charge >= 0.3 is 0 Å². The molecule has 114 valence electrons. The monoisotopic (exact) mass is 340 g/mol. The molecule has 0 aliphatic carbocycles. The van der Waals surface area contributed by atoms with E-state index < -0.39 is 0 Å². The average molecular weight is 341 g/mol. The van der Waals surface area contributed by atoms with Gasteiger partial charge in [-0.1, -0.05) is 32.8 Å². The van der Waals surface area contributed by atoms with Crippen LogP contribution in [0.2, 0.25) is 0 Å². The van der Waals surface area contributed by atoms with Crippen LogP contribution in [0.5, 0.6) is 0 Å². The first-order valence-corrected chi connectivity index (χ1v) is 8.58. The molecule has 0 saturated carbocycles. The van der Waals surface area contributed by atoms with Crippen molar-refractivity contribution in [1.29, 1.82) is 0 Å². The van der Waals surface area contributed by atoms with E-state index in [-0.39, 0.29) is 0 Å². The van der Waals surface area contributed by atoms with Gasteiger partial charge in [-0.2, -0.15) is 0 Å². The van der Waals surface area contributed by atoms with Crippen LogP contribution in [0.3, 0.4) is 0 Å². The number of hydrogen-bond acceptors (Lipinski definition) is 2. The first-order valence-electron chi connectivity index (χ1n) is 7.78. The normalized spacial score (nSPS) is 12.8. The molecule has 1 N–H and O–H groups in total. The van der Waals surface area contributed by atoms with Gasteiger partial charge in [0, 0.05) is 23.6 Å². The fourth-order valence-corrected chi connectivity index (χ4v) is 3.12. The van der Waals surface area contributed by atoms with Crippen molar-refractivity contribution < 1.29 is 0 Å². The van der Waals surface area contributed by atoms with Crippen LogP contribution in [-0.4, -0.2) is 20.1 Å². The highest BCUT2D eigenvalue weighted by Gasteiger charge is 2.14. The Morgan fingerprint density at radius 3 is 2.30 bits per heavy atom. The number of nitrogens with one attached hydrogen (secondary N) is 1. The zero-order valence-electron chi connectivity index (χ0n) is 13.5. The Balaban J connectivity index is 2.93. The summed E-state index contributed by atoms with van der Waals surface area (Å²) in [6.45, 7) is 11.2. The Bertz CT molecular complexity index is 402. The van der Waals surface area contributed by atoms with Gasteiger partial charge in [0.25, 0.3) is 0 Å². The molecular weight excluding hydrogens is 312 g/mol. The van der Waals surface area contributed by atoms with E-state index in [4.69, 9.17) is 0 Å². The van der Waals surface area contributed by atoms with Gasteiger partial charge in [0.05, 0.1) is 5.69 Å². The average Bonchev–Trinajstić information content (AvgIpc) is 2.48. The van der Waals surface area contributed by atoms with Crippen molar-refractivity contribution in [3.63, 3.8) is 0 Å². The predicted molar refractivity (Wildman–Crippen MR) is 93.6 cm³/mol. The molecule has 2 nitrogen and oxygen atoms in total. The van der Waals surface area contributed by atoms with Gasteiger partial charge in [-0.15, -0.1) is 0 Å². The molecule has 0 aliphatic heterocycles. The molecule has 1 aromatic rings. The Morgan fingerprint density at radius 1 is 1.20 bits per heavy atom. The SMILES string of the molecule is CCC(CC)CN(CC)c1ccc(C(C)NC)cc1Br. The first kappa shape index (κ1) is 17.5. The molecule has 0 spiro atoms. The summed E-state index contributed by atoms with van der Waals surface area (Å²) in [6, 6.07) is 7.11. The molecular formula is C17H29BrN2. The Hall–Kier alpha value is -0.540. The van der Waals surface area contributed by atoms with Gasteiger partial charge < -0.3 is 10.2 Å². The van der Waals surface area contributed by atoms with E-state index >= 15 is 0 Å². The molecule has 0 amide bonds. The summed E-state index contributed by atoms with van der Waals surface area (Å²) in [6.07, 6.45) is 2.50. The highest BCUT2D eigenvalue weighted by atomic mass is 79.9. The Morgan fingerprint density at radius 2 is 1.85 bits per heavy atom. The number of nitrogens with zero attached hydrogens (tertiary/aromatic N) is 1. The molecule has 0 bridgehead atoms. The van der Waals surface area contributed by atoms with E-state index in [1.807, 2.05) is 7.05 Å². The molecule has 0 aromatic heterocycles. The highest BCUT2D eigenvalue weighted by molar-refractivity contribution is 9.10. The van der Waals surface area contributed by atoms with Gasteiger partial charge in [-0.3, -0.25) is 0 Å². The minimum absolute atomic E-state index is 0.384. The molecule has 1 rings (SSSR count). The van der Waals surface area contributed by atoms with Crippen LogP contribution in [0.1, 0.15) is 52.1 Å². The third-order valence-electron chi connectivity index (χ3n) is 4.26. The molecule has 1 unspecified atom stereocenters. The molecule has 3 heteroatoms. The fraction of sp³-hybridized carbons (Fsp3) is 0.647. The standard InChI is InChI=1S/C17H29BrN2/c1-6-14(7-2)12-20(8-3)17-10-9-15(11-16(17)18)13(4)19-5/h9-11,13-14,19H,6-8,12H2,1-5H3. The summed E-state index contributed by atoms with van der Waals surface area (Å²) in [5, 5.41) is 3.29. The molecule has 0 aliphatic rings. The third-order valence-corrected chi connectivity index (χ3v) is 4.90. The first-order chi connectivity index (χ1) is 9.57. The van der Waals surface area contributed by atoms with E-state index in [9.17, 15) is 0 Å². The number of hydrogen-bond donors (Lipinski definition) is 1. The second kappa shape index (κ2) is 8.68. The van der Waals surface area contributed by atoms with Crippen LogP contribution in [0, 0.1) is 5.92 Å². The zero-order valence-corrected chi connectivity index (χ0v) is 15.1. The number of rotatable bonds is 8. The van der Waals surface area contributed by atoms with Gasteiger partial charge in [-0.25, -0.2) is 0 Å². The van der Waals surface area contributed by atoms with Crippen molar-refractivity contribution in [2.45, 2.75) is 46.6 Å². The summed E-state index contributed by atoms with van der Waals surface area (Å²) in [5.41, 5.74) is 2.63. The minimum atomic E-state index is 0.384. The number of anilines is 1. The summed E-state index contributed by atoms with van der Waals surface area (Å²) < 4.78 is 1.20. The van der Waals surface area contributed by atoms with Crippen molar-refractivity contribution in [1.82, 2.24) is 5.32 Å². The van der Waals surface area contributed by atoms with E-state index in [1.165, 1.54) is 28.6 Å². The van der Waals surface area contributed by atoms with Gasteiger partial charge in [0.1, 0.15) is 0 Å². The predicted octanol–water partition coefficient (Wildman–Crippen LogP) is 4.99. The molecule has 0 fully saturated rings. The largest absolute Gasteiger partial charge is 0.371 e. The van der Waals surface area contributed by atoms with Crippen molar-refractivity contribution in [2.75, 3.05) is 25.0 Å². The van der Waals surface area contributed by atoms with E-state index in [0.29, 0.717) is 6.04 Å². The van der Waals surface area contributed by atoms with Crippen molar-refractivity contribution in [3.8, 4) is 0 Å². The van der Waals surface area contributed by atoms with Crippen molar-refractivity contribution in [3.05, 3.63) is 28.2 Å². The lowest BCUT2D eigenvalue weighted by Crippen LogP contribution is -2.29. The maximum Gasteiger partial charge on any atom is 0.0510 e. The van der Waals surface area contributed by atoms with E-state index in [2.05, 4.69) is 72.0 Å². The highest BCUT2D eigenvalue weighted by Crippen LogP contribution is 2.30. The summed E-state index contributed by atoms with van der Waals surface area (Å²) in [4.78, 5) is 2.48. The smallest absolute Gasteiger partial charge is 0.0510 e. The topological polar surface area (TPSA) is 15.3 Å². The van der Waals surface area contributed by atoms with Crippen molar-refractivity contribution in [2.24, 2.45) is 5.92 Å². The van der Waals surface area contributed by atoms with E-state index in [1.54, 1.807) is 0 Å². The number of benzene rings is 1. The van der Waals surface area contributed by atoms with Gasteiger partial charge in [0.2, 0.25) is 0 Å². The second-order valence-corrected chi connectivity index (χ2v) is 6.30. The Labute approximate surface area is 133 Å². The van der Waals surface area contributed by atoms with Gasteiger partial charge in [-0.05, 0) is 60.4 Å². The van der Waals surface area contributed by atoms with Crippen LogP contribution in [-0.2, 0) is 0 Å². The fourth-order valence-electron chi connectivity index (χ4n) is 2.47. The van der Waals surface area contributed by atoms with Crippen LogP contribution < -0.4 is 10.2 Å². The molecule has 1 atom stereocenters. The third kappa shape index (κ3) is 4.49. The summed E-state index contributed by atoms with van der Waals surface area (Å²) in [7, 11) is 2.00. The lowest BCUT2D eigenvalue weighted by atomic mass is 10.0. The molecule has 0 saturated heterocycles. The Kier molecular flexibility index (Phi) is 7.60. The lowest BCUT2D eigenvalue weighted by Gasteiger charge is -2.29. The molecule has 0 heterocycles. The summed E-state index contributed by atoms with van der Waals surface area (Å²) in [5.74, 6) is 0.776. The van der Waals surface area contributed by atoms with Gasteiger partial charge in [0.15, 0.2) is 0 Å². The molecule has 1 aromatic carbocycles.